The van der Waals surface area contributed by atoms with Gasteiger partial charge in [0.2, 0.25) is 5.91 Å². The van der Waals surface area contributed by atoms with E-state index in [4.69, 9.17) is 0 Å². The van der Waals surface area contributed by atoms with Gasteiger partial charge in [0.1, 0.15) is 0 Å². The summed E-state index contributed by atoms with van der Waals surface area (Å²) in [6.07, 6.45) is 0. The van der Waals surface area contributed by atoms with Crippen molar-refractivity contribution in [3.05, 3.63) is 54.6 Å². The zero-order valence-electron chi connectivity index (χ0n) is 15.8. The number of piperazine rings is 1. The van der Waals surface area contributed by atoms with E-state index in [0.29, 0.717) is 13.1 Å². The molecule has 0 bridgehead atoms. The maximum Gasteiger partial charge on any atom is 0.282 e. The molecule has 1 aliphatic rings. The van der Waals surface area contributed by atoms with E-state index in [2.05, 4.69) is 17.4 Å². The lowest BCUT2D eigenvalue weighted by Crippen LogP contribution is -3.19. The predicted molar refractivity (Wildman–Crippen MR) is 108 cm³/mol. The second kappa shape index (κ2) is 9.06. The first kappa shape index (κ1) is 19.5. The number of nitrogens with one attached hydrogen (secondary N) is 2. The summed E-state index contributed by atoms with van der Waals surface area (Å²) in [7, 11) is 0. The van der Waals surface area contributed by atoms with E-state index in [9.17, 15) is 9.59 Å². The number of hydrogen-bond donors (Lipinski definition) is 2. The van der Waals surface area contributed by atoms with Crippen LogP contribution in [0.1, 0.15) is 13.8 Å². The van der Waals surface area contributed by atoms with Gasteiger partial charge in [-0.2, -0.15) is 0 Å². The summed E-state index contributed by atoms with van der Waals surface area (Å²) in [6, 6.07) is 17.9. The fourth-order valence-corrected chi connectivity index (χ4v) is 4.17. The molecule has 2 aromatic carbocycles. The third-order valence-corrected chi connectivity index (χ3v) is 6.06. The van der Waals surface area contributed by atoms with Gasteiger partial charge in [-0.05, 0) is 31.2 Å². The summed E-state index contributed by atoms with van der Waals surface area (Å²) in [5.74, 6) is 0.125. The van der Waals surface area contributed by atoms with Gasteiger partial charge in [-0.15, -0.1) is 0 Å². The van der Waals surface area contributed by atoms with Crippen LogP contribution in [0.3, 0.4) is 0 Å². The maximum absolute atomic E-state index is 12.8. The topological polar surface area (TPSA) is 53.9 Å². The number of carbonyl (C=O) groups is 2. The van der Waals surface area contributed by atoms with Gasteiger partial charge in [-0.25, -0.2) is 0 Å². The molecule has 27 heavy (non-hydrogen) atoms. The molecule has 1 aliphatic heterocycles. The Bertz CT molecular complexity index is 789. The lowest BCUT2D eigenvalue weighted by Gasteiger charge is -2.34. The molecule has 2 amide bonds. The van der Waals surface area contributed by atoms with Gasteiger partial charge in [-0.3, -0.25) is 9.59 Å². The first-order valence-corrected chi connectivity index (χ1v) is 10.1. The summed E-state index contributed by atoms with van der Waals surface area (Å²) in [5, 5.41) is 3.10. The van der Waals surface area contributed by atoms with E-state index in [0.717, 1.165) is 28.6 Å². The van der Waals surface area contributed by atoms with Gasteiger partial charge in [0.25, 0.3) is 5.91 Å². The van der Waals surface area contributed by atoms with Gasteiger partial charge in [0, 0.05) is 16.7 Å². The van der Waals surface area contributed by atoms with Gasteiger partial charge < -0.3 is 15.1 Å². The number of nitrogens with zero attached hydrogens (tertiary/aromatic N) is 1. The van der Waals surface area contributed by atoms with Crippen LogP contribution in [0.25, 0.3) is 0 Å². The highest BCUT2D eigenvalue weighted by atomic mass is 32.2. The molecule has 1 heterocycles. The van der Waals surface area contributed by atoms with Crippen molar-refractivity contribution in [2.75, 3.05) is 31.5 Å². The van der Waals surface area contributed by atoms with E-state index >= 15 is 0 Å². The van der Waals surface area contributed by atoms with Crippen molar-refractivity contribution in [1.29, 1.82) is 0 Å². The second-order valence-electron chi connectivity index (χ2n) is 6.79. The van der Waals surface area contributed by atoms with Gasteiger partial charge in [-0.1, -0.05) is 42.1 Å². The molecule has 3 rings (SSSR count). The van der Waals surface area contributed by atoms with Crippen LogP contribution in [0.5, 0.6) is 0 Å². The smallest absolute Gasteiger partial charge is 0.282 e. The summed E-state index contributed by atoms with van der Waals surface area (Å²) >= 11 is 1.64. The Balaban J connectivity index is 1.63. The summed E-state index contributed by atoms with van der Waals surface area (Å²) < 4.78 is 0. The van der Waals surface area contributed by atoms with Crippen molar-refractivity contribution >= 4 is 29.3 Å². The number of para-hydroxylation sites is 1. The van der Waals surface area contributed by atoms with Crippen molar-refractivity contribution in [1.82, 2.24) is 4.90 Å². The average molecular weight is 385 g/mol. The van der Waals surface area contributed by atoms with Crippen molar-refractivity contribution < 1.29 is 14.5 Å². The summed E-state index contributed by atoms with van der Waals surface area (Å²) in [5.41, 5.74) is 0.838. The van der Waals surface area contributed by atoms with E-state index < -0.39 is 0 Å². The SMILES string of the molecule is CC(=O)N1CC[NH+]([C@H](C)C(=O)Nc2ccccc2Sc2ccccc2)CC1. The Morgan fingerprint density at radius 2 is 1.67 bits per heavy atom. The number of quaternary nitrogens is 1. The van der Waals surface area contributed by atoms with Crippen LogP contribution in [0.2, 0.25) is 0 Å². The van der Waals surface area contributed by atoms with Crippen LogP contribution < -0.4 is 10.2 Å². The lowest BCUT2D eigenvalue weighted by molar-refractivity contribution is -0.917. The minimum atomic E-state index is -0.158. The zero-order chi connectivity index (χ0) is 19.2. The lowest BCUT2D eigenvalue weighted by atomic mass is 10.2. The van der Waals surface area contributed by atoms with E-state index in [1.54, 1.807) is 18.7 Å². The van der Waals surface area contributed by atoms with Crippen LogP contribution in [0.15, 0.2) is 64.4 Å². The molecule has 0 unspecified atom stereocenters. The minimum absolute atomic E-state index is 0.0161. The molecule has 0 aliphatic carbocycles. The van der Waals surface area contributed by atoms with Crippen LogP contribution in [-0.2, 0) is 9.59 Å². The van der Waals surface area contributed by atoms with Gasteiger partial charge in [0.05, 0.1) is 31.9 Å². The maximum atomic E-state index is 12.8. The van der Waals surface area contributed by atoms with Crippen molar-refractivity contribution in [2.45, 2.75) is 29.7 Å². The van der Waals surface area contributed by atoms with Crippen LogP contribution in [0.4, 0.5) is 5.69 Å². The zero-order valence-corrected chi connectivity index (χ0v) is 16.6. The number of anilines is 1. The third-order valence-electron chi connectivity index (χ3n) is 4.97. The summed E-state index contributed by atoms with van der Waals surface area (Å²) in [4.78, 5) is 29.5. The van der Waals surface area contributed by atoms with Gasteiger partial charge in [0.15, 0.2) is 6.04 Å². The molecule has 6 heteroatoms. The normalized spacial score (nSPS) is 16.0. The molecule has 2 N–H and O–H groups in total. The molecule has 1 saturated heterocycles. The highest BCUT2D eigenvalue weighted by molar-refractivity contribution is 7.99. The molecule has 142 valence electrons. The second-order valence-corrected chi connectivity index (χ2v) is 7.90. The summed E-state index contributed by atoms with van der Waals surface area (Å²) in [6.45, 7) is 6.58. The Hall–Kier alpha value is -2.31. The molecule has 0 spiro atoms. The largest absolute Gasteiger partial charge is 0.332 e. The molecule has 0 radical (unpaired) electrons. The molecular formula is C21H26N3O2S+. The van der Waals surface area contributed by atoms with E-state index in [-0.39, 0.29) is 17.9 Å². The standard InChI is InChI=1S/C21H25N3O2S/c1-16(23-12-14-24(15-13-23)17(2)25)21(26)22-19-10-6-7-11-20(19)27-18-8-4-3-5-9-18/h3-11,16H,12-15H2,1-2H3,(H,22,26)/p+1/t16-/m1/s1. The fourth-order valence-electron chi connectivity index (χ4n) is 3.24. The number of amides is 2. The molecule has 0 aromatic heterocycles. The Kier molecular flexibility index (Phi) is 6.53. The molecular weight excluding hydrogens is 358 g/mol. The predicted octanol–water partition coefficient (Wildman–Crippen LogP) is 1.91. The molecule has 1 fully saturated rings. The Morgan fingerprint density at radius 1 is 1.04 bits per heavy atom. The van der Waals surface area contributed by atoms with Crippen molar-refractivity contribution in [2.24, 2.45) is 0 Å². The first-order chi connectivity index (χ1) is 13.0. The minimum Gasteiger partial charge on any atom is -0.332 e. The molecule has 2 aromatic rings. The number of rotatable bonds is 5. The van der Waals surface area contributed by atoms with E-state index in [1.165, 1.54) is 4.90 Å². The quantitative estimate of drug-likeness (QED) is 0.828. The highest BCUT2D eigenvalue weighted by Gasteiger charge is 2.30. The highest BCUT2D eigenvalue weighted by Crippen LogP contribution is 2.33. The first-order valence-electron chi connectivity index (χ1n) is 9.27. The Labute approximate surface area is 164 Å². The molecule has 5 nitrogen and oxygen atoms in total. The van der Waals surface area contributed by atoms with Crippen LogP contribution >= 0.6 is 11.8 Å². The third kappa shape index (κ3) is 5.11. The number of carbonyl (C=O) groups excluding carboxylic acids is 2. The van der Waals surface area contributed by atoms with Crippen LogP contribution in [-0.4, -0.2) is 48.9 Å². The number of hydrogen-bond acceptors (Lipinski definition) is 3. The molecule has 1 atom stereocenters. The van der Waals surface area contributed by atoms with Crippen molar-refractivity contribution in [3.63, 3.8) is 0 Å². The Morgan fingerprint density at radius 3 is 2.33 bits per heavy atom. The fraction of sp³-hybridized carbons (Fsp3) is 0.333. The van der Waals surface area contributed by atoms with E-state index in [1.807, 2.05) is 54.3 Å². The van der Waals surface area contributed by atoms with Gasteiger partial charge >= 0.3 is 0 Å². The monoisotopic (exact) mass is 384 g/mol. The average Bonchev–Trinajstić information content (AvgIpc) is 2.69. The number of benzene rings is 2. The van der Waals surface area contributed by atoms with Crippen molar-refractivity contribution in [3.8, 4) is 0 Å². The van der Waals surface area contributed by atoms with Crippen LogP contribution in [0, 0.1) is 0 Å². The molecule has 0 saturated carbocycles.